The summed E-state index contributed by atoms with van der Waals surface area (Å²) < 4.78 is 4.98. The largest absolute Gasteiger partial charge is 0.398 e. The fourth-order valence-electron chi connectivity index (χ4n) is 1.08. The monoisotopic (exact) mass is 231 g/mol. The number of anilines is 1. The summed E-state index contributed by atoms with van der Waals surface area (Å²) in [6, 6.07) is 3.81. The Hall–Kier alpha value is -0.380. The van der Waals surface area contributed by atoms with Crippen molar-refractivity contribution < 1.29 is 4.74 Å². The standard InChI is InChI=1S/C10H14ClNOS/c1-7-5-9(12)8(11)6-10(7)14-4-3-13-2/h5-6H,3-4,12H2,1-2H3. The van der Waals surface area contributed by atoms with Gasteiger partial charge >= 0.3 is 0 Å². The van der Waals surface area contributed by atoms with Crippen molar-refractivity contribution in [2.75, 3.05) is 25.2 Å². The lowest BCUT2D eigenvalue weighted by Gasteiger charge is -2.07. The molecule has 0 fully saturated rings. The van der Waals surface area contributed by atoms with Crippen molar-refractivity contribution in [1.29, 1.82) is 0 Å². The van der Waals surface area contributed by atoms with Crippen LogP contribution >= 0.6 is 23.4 Å². The number of aryl methyl sites for hydroxylation is 1. The summed E-state index contributed by atoms with van der Waals surface area (Å²) in [5.41, 5.74) is 7.48. The minimum Gasteiger partial charge on any atom is -0.398 e. The zero-order valence-electron chi connectivity index (χ0n) is 8.34. The number of benzene rings is 1. The molecule has 1 aromatic carbocycles. The molecule has 1 rings (SSSR count). The van der Waals surface area contributed by atoms with E-state index >= 15 is 0 Å². The van der Waals surface area contributed by atoms with Crippen LogP contribution in [0.5, 0.6) is 0 Å². The predicted octanol–water partition coefficient (Wildman–Crippen LogP) is 2.97. The first-order chi connectivity index (χ1) is 6.65. The van der Waals surface area contributed by atoms with Gasteiger partial charge < -0.3 is 10.5 Å². The first kappa shape index (κ1) is 11.7. The van der Waals surface area contributed by atoms with Gasteiger partial charge in [-0.15, -0.1) is 11.8 Å². The van der Waals surface area contributed by atoms with Crippen molar-refractivity contribution in [3.8, 4) is 0 Å². The average Bonchev–Trinajstić information content (AvgIpc) is 2.14. The highest BCUT2D eigenvalue weighted by molar-refractivity contribution is 7.99. The highest BCUT2D eigenvalue weighted by Crippen LogP contribution is 2.29. The number of rotatable bonds is 4. The van der Waals surface area contributed by atoms with Crippen LogP contribution in [0.25, 0.3) is 0 Å². The minimum absolute atomic E-state index is 0.621. The van der Waals surface area contributed by atoms with Crippen molar-refractivity contribution in [2.45, 2.75) is 11.8 Å². The van der Waals surface area contributed by atoms with Crippen LogP contribution in [0, 0.1) is 6.92 Å². The maximum atomic E-state index is 5.93. The average molecular weight is 232 g/mol. The van der Waals surface area contributed by atoms with Crippen LogP contribution in [-0.2, 0) is 4.74 Å². The summed E-state index contributed by atoms with van der Waals surface area (Å²) in [6.07, 6.45) is 0. The van der Waals surface area contributed by atoms with E-state index in [9.17, 15) is 0 Å². The summed E-state index contributed by atoms with van der Waals surface area (Å²) in [6.45, 7) is 2.77. The molecule has 2 nitrogen and oxygen atoms in total. The minimum atomic E-state index is 0.621. The topological polar surface area (TPSA) is 35.2 Å². The molecular weight excluding hydrogens is 218 g/mol. The second kappa shape index (κ2) is 5.49. The maximum absolute atomic E-state index is 5.93. The zero-order chi connectivity index (χ0) is 10.6. The van der Waals surface area contributed by atoms with Gasteiger partial charge in [0.15, 0.2) is 0 Å². The van der Waals surface area contributed by atoms with Crippen LogP contribution in [0.1, 0.15) is 5.56 Å². The molecule has 0 saturated carbocycles. The van der Waals surface area contributed by atoms with Gasteiger partial charge in [-0.3, -0.25) is 0 Å². The van der Waals surface area contributed by atoms with Gasteiger partial charge in [0.1, 0.15) is 0 Å². The van der Waals surface area contributed by atoms with E-state index in [0.29, 0.717) is 10.7 Å². The maximum Gasteiger partial charge on any atom is 0.0646 e. The summed E-state index contributed by atoms with van der Waals surface area (Å²) in [4.78, 5) is 1.17. The molecule has 2 N–H and O–H groups in total. The zero-order valence-corrected chi connectivity index (χ0v) is 9.91. The predicted molar refractivity (Wildman–Crippen MR) is 63.2 cm³/mol. The molecule has 0 aromatic heterocycles. The van der Waals surface area contributed by atoms with E-state index in [1.54, 1.807) is 18.9 Å². The molecule has 0 aliphatic heterocycles. The first-order valence-electron chi connectivity index (χ1n) is 4.32. The van der Waals surface area contributed by atoms with Gasteiger partial charge in [0, 0.05) is 17.8 Å². The van der Waals surface area contributed by atoms with Gasteiger partial charge in [-0.1, -0.05) is 11.6 Å². The molecule has 0 aliphatic carbocycles. The summed E-state index contributed by atoms with van der Waals surface area (Å²) in [5.74, 6) is 0.928. The lowest BCUT2D eigenvalue weighted by Crippen LogP contribution is -1.93. The highest BCUT2D eigenvalue weighted by Gasteiger charge is 2.03. The smallest absolute Gasteiger partial charge is 0.0646 e. The van der Waals surface area contributed by atoms with Gasteiger partial charge in [0.2, 0.25) is 0 Å². The molecular formula is C10H14ClNOS. The Bertz CT molecular complexity index is 317. The van der Waals surface area contributed by atoms with E-state index in [0.717, 1.165) is 17.9 Å². The van der Waals surface area contributed by atoms with Gasteiger partial charge in [-0.25, -0.2) is 0 Å². The molecule has 0 bridgehead atoms. The number of thioether (sulfide) groups is 1. The number of halogens is 1. The lowest BCUT2D eigenvalue weighted by molar-refractivity contribution is 0.218. The molecule has 1 aromatic rings. The fraction of sp³-hybridized carbons (Fsp3) is 0.400. The number of nitrogen functional groups attached to an aromatic ring is 1. The van der Waals surface area contributed by atoms with Crippen LogP contribution < -0.4 is 5.73 Å². The third kappa shape index (κ3) is 3.08. The van der Waals surface area contributed by atoms with Crippen LogP contribution in [0.15, 0.2) is 17.0 Å². The number of methoxy groups -OCH3 is 1. The molecule has 0 saturated heterocycles. The Morgan fingerprint density at radius 1 is 1.50 bits per heavy atom. The van der Waals surface area contributed by atoms with Gasteiger partial charge in [0.25, 0.3) is 0 Å². The molecule has 0 aliphatic rings. The Morgan fingerprint density at radius 3 is 2.86 bits per heavy atom. The van der Waals surface area contributed by atoms with Gasteiger partial charge in [-0.2, -0.15) is 0 Å². The van der Waals surface area contributed by atoms with Crippen molar-refractivity contribution in [3.05, 3.63) is 22.7 Å². The normalized spacial score (nSPS) is 10.5. The Balaban J connectivity index is 2.72. The fourth-order valence-corrected chi connectivity index (χ4v) is 2.26. The Kier molecular flexibility index (Phi) is 4.58. The van der Waals surface area contributed by atoms with E-state index in [1.807, 2.05) is 19.1 Å². The van der Waals surface area contributed by atoms with Crippen LogP contribution in [-0.4, -0.2) is 19.5 Å². The van der Waals surface area contributed by atoms with E-state index in [2.05, 4.69) is 0 Å². The molecule has 78 valence electrons. The van der Waals surface area contributed by atoms with E-state index in [-0.39, 0.29) is 0 Å². The third-order valence-electron chi connectivity index (χ3n) is 1.84. The number of ether oxygens (including phenoxy) is 1. The van der Waals surface area contributed by atoms with Crippen LogP contribution in [0.3, 0.4) is 0 Å². The second-order valence-corrected chi connectivity index (χ2v) is 4.52. The summed E-state index contributed by atoms with van der Waals surface area (Å²) in [7, 11) is 1.70. The second-order valence-electron chi connectivity index (χ2n) is 2.98. The first-order valence-corrected chi connectivity index (χ1v) is 5.69. The molecule has 0 spiro atoms. The van der Waals surface area contributed by atoms with Crippen LogP contribution in [0.4, 0.5) is 5.69 Å². The molecule has 0 radical (unpaired) electrons. The van der Waals surface area contributed by atoms with Crippen LogP contribution in [0.2, 0.25) is 5.02 Å². The molecule has 14 heavy (non-hydrogen) atoms. The SMILES string of the molecule is COCCSc1cc(Cl)c(N)cc1C. The molecule has 0 atom stereocenters. The van der Waals surface area contributed by atoms with Crippen molar-refractivity contribution >= 4 is 29.1 Å². The highest BCUT2D eigenvalue weighted by atomic mass is 35.5. The summed E-state index contributed by atoms with van der Waals surface area (Å²) >= 11 is 7.66. The Labute approximate surface area is 93.8 Å². The number of nitrogens with two attached hydrogens (primary N) is 1. The number of hydrogen-bond donors (Lipinski definition) is 1. The Morgan fingerprint density at radius 2 is 2.21 bits per heavy atom. The molecule has 0 heterocycles. The van der Waals surface area contributed by atoms with E-state index in [1.165, 1.54) is 4.90 Å². The van der Waals surface area contributed by atoms with Crippen molar-refractivity contribution in [1.82, 2.24) is 0 Å². The molecule has 0 unspecified atom stereocenters. The number of hydrogen-bond acceptors (Lipinski definition) is 3. The van der Waals surface area contributed by atoms with Gasteiger partial charge in [0.05, 0.1) is 17.3 Å². The third-order valence-corrected chi connectivity index (χ3v) is 3.29. The van der Waals surface area contributed by atoms with Gasteiger partial charge in [-0.05, 0) is 24.6 Å². The van der Waals surface area contributed by atoms with E-state index < -0.39 is 0 Å². The van der Waals surface area contributed by atoms with Crippen molar-refractivity contribution in [3.63, 3.8) is 0 Å². The quantitative estimate of drug-likeness (QED) is 0.492. The van der Waals surface area contributed by atoms with Crippen molar-refractivity contribution in [2.24, 2.45) is 0 Å². The molecule has 0 amide bonds. The lowest BCUT2D eigenvalue weighted by atomic mass is 10.2. The summed E-state index contributed by atoms with van der Waals surface area (Å²) in [5, 5.41) is 0.621. The van der Waals surface area contributed by atoms with E-state index in [4.69, 9.17) is 22.1 Å². The molecule has 4 heteroatoms.